The van der Waals surface area contributed by atoms with Crippen LogP contribution in [0.5, 0.6) is 0 Å². The van der Waals surface area contributed by atoms with E-state index in [0.29, 0.717) is 5.02 Å². The Hall–Kier alpha value is -1.65. The van der Waals surface area contributed by atoms with Crippen LogP contribution in [0.15, 0.2) is 43.0 Å². The van der Waals surface area contributed by atoms with Gasteiger partial charge in [-0.1, -0.05) is 50.6 Å². The van der Waals surface area contributed by atoms with E-state index in [-0.39, 0.29) is 0 Å². The van der Waals surface area contributed by atoms with E-state index < -0.39 is 11.1 Å². The Morgan fingerprint density at radius 2 is 1.85 bits per heavy atom. The van der Waals surface area contributed by atoms with Crippen molar-refractivity contribution in [2.24, 2.45) is 5.41 Å². The Labute approximate surface area is 123 Å². The predicted octanol–water partition coefficient (Wildman–Crippen LogP) is 3.34. The number of benzene rings is 1. The van der Waals surface area contributed by atoms with Gasteiger partial charge in [-0.2, -0.15) is 5.10 Å². The molecule has 1 N–H and O–H groups in total. The summed E-state index contributed by atoms with van der Waals surface area (Å²) < 4.78 is 1.46. The van der Waals surface area contributed by atoms with Gasteiger partial charge in [-0.05, 0) is 23.8 Å². The lowest BCUT2D eigenvalue weighted by molar-refractivity contribution is -0.0923. The van der Waals surface area contributed by atoms with Gasteiger partial charge in [0.15, 0.2) is 5.72 Å². The molecular formula is C15H18ClN3O. The fourth-order valence-corrected chi connectivity index (χ4v) is 1.97. The Balaban J connectivity index is 2.37. The second-order valence-electron chi connectivity index (χ2n) is 5.70. The van der Waals surface area contributed by atoms with Gasteiger partial charge < -0.3 is 5.11 Å². The van der Waals surface area contributed by atoms with Crippen molar-refractivity contribution in [1.82, 2.24) is 14.8 Å². The average Bonchev–Trinajstić information content (AvgIpc) is 2.90. The smallest absolute Gasteiger partial charge is 0.184 e. The van der Waals surface area contributed by atoms with Gasteiger partial charge in [0.1, 0.15) is 12.7 Å². The molecule has 1 aromatic heterocycles. The third-order valence-corrected chi connectivity index (χ3v) is 3.50. The van der Waals surface area contributed by atoms with Crippen LogP contribution in [-0.2, 0) is 5.72 Å². The van der Waals surface area contributed by atoms with Gasteiger partial charge in [0.25, 0.3) is 0 Å². The average molecular weight is 292 g/mol. The second kappa shape index (κ2) is 5.38. The van der Waals surface area contributed by atoms with Crippen LogP contribution in [0.4, 0.5) is 0 Å². The molecule has 0 amide bonds. The first kappa shape index (κ1) is 14.8. The van der Waals surface area contributed by atoms with Gasteiger partial charge in [-0.25, -0.2) is 9.67 Å². The van der Waals surface area contributed by atoms with Gasteiger partial charge in [0.2, 0.25) is 0 Å². The van der Waals surface area contributed by atoms with E-state index >= 15 is 0 Å². The molecule has 4 nitrogen and oxygen atoms in total. The standard InChI is InChI=1S/C15H18ClN3O/c1-14(2,3)15(20,19-11-17-10-18-19)9-8-12-4-6-13(16)7-5-12/h4-11,20H,1-3H3/b9-8+. The van der Waals surface area contributed by atoms with Crippen LogP contribution in [0.25, 0.3) is 6.08 Å². The van der Waals surface area contributed by atoms with Crippen molar-refractivity contribution in [2.45, 2.75) is 26.5 Å². The summed E-state index contributed by atoms with van der Waals surface area (Å²) in [6.45, 7) is 5.84. The van der Waals surface area contributed by atoms with Crippen molar-refractivity contribution in [1.29, 1.82) is 0 Å². The summed E-state index contributed by atoms with van der Waals surface area (Å²) in [5, 5.41) is 15.7. The van der Waals surface area contributed by atoms with Crippen LogP contribution in [0.3, 0.4) is 0 Å². The molecule has 0 fully saturated rings. The lowest BCUT2D eigenvalue weighted by Crippen LogP contribution is -2.44. The van der Waals surface area contributed by atoms with Crippen molar-refractivity contribution in [2.75, 3.05) is 0 Å². The lowest BCUT2D eigenvalue weighted by atomic mass is 9.82. The minimum atomic E-state index is -1.26. The SMILES string of the molecule is CC(C)(C)C(O)(/C=C/c1ccc(Cl)cc1)n1cncn1. The van der Waals surface area contributed by atoms with Gasteiger partial charge >= 0.3 is 0 Å². The summed E-state index contributed by atoms with van der Waals surface area (Å²) in [6, 6.07) is 7.41. The first-order chi connectivity index (χ1) is 9.33. The zero-order valence-corrected chi connectivity index (χ0v) is 12.5. The zero-order valence-electron chi connectivity index (χ0n) is 11.8. The molecule has 0 aliphatic carbocycles. The molecule has 2 rings (SSSR count). The Kier molecular flexibility index (Phi) is 3.97. The number of aliphatic hydroxyl groups is 1. The fourth-order valence-electron chi connectivity index (χ4n) is 1.84. The molecule has 0 radical (unpaired) electrons. The van der Waals surface area contributed by atoms with Crippen LogP contribution in [-0.4, -0.2) is 19.9 Å². The molecule has 1 atom stereocenters. The summed E-state index contributed by atoms with van der Waals surface area (Å²) in [6.07, 6.45) is 6.50. The number of aromatic nitrogens is 3. The maximum absolute atomic E-state index is 11.0. The third kappa shape index (κ3) is 2.92. The van der Waals surface area contributed by atoms with Crippen LogP contribution in [0.2, 0.25) is 5.02 Å². The summed E-state index contributed by atoms with van der Waals surface area (Å²) in [5.41, 5.74) is -0.746. The summed E-state index contributed by atoms with van der Waals surface area (Å²) in [7, 11) is 0. The maximum Gasteiger partial charge on any atom is 0.184 e. The topological polar surface area (TPSA) is 50.9 Å². The monoisotopic (exact) mass is 291 g/mol. The molecule has 106 valence electrons. The number of rotatable bonds is 3. The van der Waals surface area contributed by atoms with Crippen molar-refractivity contribution in [3.63, 3.8) is 0 Å². The molecule has 0 aliphatic rings. The molecule has 1 unspecified atom stereocenters. The van der Waals surface area contributed by atoms with Crippen molar-refractivity contribution < 1.29 is 5.11 Å². The van der Waals surface area contributed by atoms with Crippen LogP contribution >= 0.6 is 11.6 Å². The molecule has 0 saturated carbocycles. The van der Waals surface area contributed by atoms with Gasteiger partial charge in [0, 0.05) is 10.4 Å². The first-order valence-electron chi connectivity index (χ1n) is 6.35. The molecule has 0 spiro atoms. The van der Waals surface area contributed by atoms with Crippen molar-refractivity contribution >= 4 is 17.7 Å². The minimum Gasteiger partial charge on any atom is -0.365 e. The van der Waals surface area contributed by atoms with Crippen LogP contribution < -0.4 is 0 Å². The van der Waals surface area contributed by atoms with Crippen LogP contribution in [0, 0.1) is 5.41 Å². The Morgan fingerprint density at radius 3 is 2.35 bits per heavy atom. The maximum atomic E-state index is 11.0. The predicted molar refractivity (Wildman–Crippen MR) is 80.2 cm³/mol. The van der Waals surface area contributed by atoms with E-state index in [2.05, 4.69) is 10.1 Å². The first-order valence-corrected chi connectivity index (χ1v) is 6.73. The third-order valence-electron chi connectivity index (χ3n) is 3.25. The van der Waals surface area contributed by atoms with Gasteiger partial charge in [0.05, 0.1) is 0 Å². The normalized spacial score (nSPS) is 15.4. The molecule has 20 heavy (non-hydrogen) atoms. The summed E-state index contributed by atoms with van der Waals surface area (Å²) in [4.78, 5) is 3.91. The molecule has 2 aromatic rings. The van der Waals surface area contributed by atoms with E-state index in [1.807, 2.05) is 51.1 Å². The number of hydrogen-bond donors (Lipinski definition) is 1. The van der Waals surface area contributed by atoms with E-state index in [4.69, 9.17) is 11.6 Å². The Morgan fingerprint density at radius 1 is 1.20 bits per heavy atom. The molecular weight excluding hydrogens is 274 g/mol. The van der Waals surface area contributed by atoms with Crippen molar-refractivity contribution in [3.05, 3.63) is 53.6 Å². The highest BCUT2D eigenvalue weighted by atomic mass is 35.5. The fraction of sp³-hybridized carbons (Fsp3) is 0.333. The van der Waals surface area contributed by atoms with Crippen molar-refractivity contribution in [3.8, 4) is 0 Å². The highest BCUT2D eigenvalue weighted by Gasteiger charge is 2.40. The van der Waals surface area contributed by atoms with E-state index in [1.165, 1.54) is 17.3 Å². The zero-order chi connectivity index (χ0) is 14.8. The van der Waals surface area contributed by atoms with Gasteiger partial charge in [-0.15, -0.1) is 0 Å². The van der Waals surface area contributed by atoms with Crippen LogP contribution in [0.1, 0.15) is 26.3 Å². The van der Waals surface area contributed by atoms with E-state index in [0.717, 1.165) is 5.56 Å². The molecule has 1 aromatic carbocycles. The summed E-state index contributed by atoms with van der Waals surface area (Å²) in [5.74, 6) is 0. The minimum absolute atomic E-state index is 0.441. The number of halogens is 1. The second-order valence-corrected chi connectivity index (χ2v) is 6.14. The highest BCUT2D eigenvalue weighted by Crippen LogP contribution is 2.35. The Bertz CT molecular complexity index is 585. The summed E-state index contributed by atoms with van der Waals surface area (Å²) >= 11 is 5.86. The van der Waals surface area contributed by atoms with Gasteiger partial charge in [-0.3, -0.25) is 0 Å². The molecule has 0 saturated heterocycles. The number of hydrogen-bond acceptors (Lipinski definition) is 3. The highest BCUT2D eigenvalue weighted by molar-refractivity contribution is 6.30. The molecule has 5 heteroatoms. The lowest BCUT2D eigenvalue weighted by Gasteiger charge is -2.37. The molecule has 0 bridgehead atoms. The molecule has 0 aliphatic heterocycles. The molecule has 1 heterocycles. The quantitative estimate of drug-likeness (QED) is 0.943. The van der Waals surface area contributed by atoms with E-state index in [1.54, 1.807) is 6.08 Å². The number of nitrogens with zero attached hydrogens (tertiary/aromatic N) is 3. The van der Waals surface area contributed by atoms with E-state index in [9.17, 15) is 5.11 Å². The largest absolute Gasteiger partial charge is 0.365 e.